The Morgan fingerprint density at radius 1 is 1.44 bits per heavy atom. The second-order valence-corrected chi connectivity index (χ2v) is 5.90. The average Bonchev–Trinajstić information content (AvgIpc) is 2.31. The Hall–Kier alpha value is -0.980. The predicted octanol–water partition coefficient (Wildman–Crippen LogP) is 1.54. The van der Waals surface area contributed by atoms with Gasteiger partial charge in [0, 0.05) is 6.04 Å². The topological polar surface area (TPSA) is 72.2 Å². The molecule has 1 rings (SSSR count). The predicted molar refractivity (Wildman–Crippen MR) is 69.2 cm³/mol. The molecule has 0 aliphatic heterocycles. The van der Waals surface area contributed by atoms with Crippen molar-refractivity contribution in [2.45, 2.75) is 37.6 Å². The van der Waals surface area contributed by atoms with Gasteiger partial charge < -0.3 is 5.73 Å². The monoisotopic (exact) mass is 274 g/mol. The highest BCUT2D eigenvalue weighted by molar-refractivity contribution is 7.89. The third kappa shape index (κ3) is 3.76. The Kier molecular flexibility index (Phi) is 5.25. The summed E-state index contributed by atoms with van der Waals surface area (Å²) in [5, 5.41) is 0. The van der Waals surface area contributed by atoms with E-state index in [1.165, 1.54) is 12.1 Å². The van der Waals surface area contributed by atoms with Crippen molar-refractivity contribution in [1.82, 2.24) is 4.72 Å². The van der Waals surface area contributed by atoms with Crippen LogP contribution in [-0.4, -0.2) is 21.0 Å². The van der Waals surface area contributed by atoms with Gasteiger partial charge in [0.1, 0.15) is 5.82 Å². The van der Waals surface area contributed by atoms with E-state index in [-0.39, 0.29) is 10.9 Å². The van der Waals surface area contributed by atoms with Crippen LogP contribution >= 0.6 is 0 Å². The molecule has 1 atom stereocenters. The molecule has 0 saturated heterocycles. The lowest BCUT2D eigenvalue weighted by molar-refractivity contribution is 0.519. The number of rotatable bonds is 6. The molecule has 18 heavy (non-hydrogen) atoms. The Balaban J connectivity index is 3.02. The fraction of sp³-hybridized carbons (Fsp3) is 0.500. The highest BCUT2D eigenvalue weighted by atomic mass is 32.2. The Labute approximate surface area is 107 Å². The largest absolute Gasteiger partial charge is 0.330 e. The second kappa shape index (κ2) is 6.26. The number of sulfonamides is 1. The molecular weight excluding hydrogens is 255 g/mol. The van der Waals surface area contributed by atoms with Gasteiger partial charge in [-0.1, -0.05) is 13.0 Å². The molecule has 0 bridgehead atoms. The van der Waals surface area contributed by atoms with Crippen molar-refractivity contribution in [1.29, 1.82) is 0 Å². The van der Waals surface area contributed by atoms with Crippen LogP contribution in [-0.2, 0) is 10.0 Å². The van der Waals surface area contributed by atoms with Crippen molar-refractivity contribution in [2.75, 3.05) is 6.54 Å². The molecule has 3 N–H and O–H groups in total. The lowest BCUT2D eigenvalue weighted by Gasteiger charge is -2.17. The summed E-state index contributed by atoms with van der Waals surface area (Å²) >= 11 is 0. The zero-order chi connectivity index (χ0) is 13.8. The molecule has 1 unspecified atom stereocenters. The van der Waals surface area contributed by atoms with Crippen molar-refractivity contribution in [3.05, 3.63) is 29.6 Å². The summed E-state index contributed by atoms with van der Waals surface area (Å²) in [5.74, 6) is -0.562. The zero-order valence-electron chi connectivity index (χ0n) is 10.6. The first-order valence-electron chi connectivity index (χ1n) is 5.89. The Morgan fingerprint density at radius 3 is 2.67 bits per heavy atom. The smallest absolute Gasteiger partial charge is 0.241 e. The summed E-state index contributed by atoms with van der Waals surface area (Å²) in [5.41, 5.74) is 5.94. The molecule has 6 heteroatoms. The maximum Gasteiger partial charge on any atom is 0.241 e. The van der Waals surface area contributed by atoms with Crippen LogP contribution in [0.3, 0.4) is 0 Å². The highest BCUT2D eigenvalue weighted by Crippen LogP contribution is 2.17. The minimum absolute atomic E-state index is 0.0158. The zero-order valence-corrected chi connectivity index (χ0v) is 11.4. The molecule has 1 aromatic rings. The molecular formula is C12H19FN2O2S. The molecule has 0 aliphatic carbocycles. The van der Waals surface area contributed by atoms with E-state index in [9.17, 15) is 12.8 Å². The summed E-state index contributed by atoms with van der Waals surface area (Å²) in [6, 6.07) is 3.51. The first-order valence-corrected chi connectivity index (χ1v) is 7.37. The minimum atomic E-state index is -3.69. The van der Waals surface area contributed by atoms with Gasteiger partial charge >= 0.3 is 0 Å². The van der Waals surface area contributed by atoms with Crippen LogP contribution in [0.5, 0.6) is 0 Å². The molecule has 4 nitrogen and oxygen atoms in total. The Bertz CT molecular complexity index is 503. The van der Waals surface area contributed by atoms with Gasteiger partial charge in [-0.2, -0.15) is 0 Å². The van der Waals surface area contributed by atoms with Crippen LogP contribution in [0, 0.1) is 12.7 Å². The quantitative estimate of drug-likeness (QED) is 0.826. The molecule has 0 aliphatic rings. The van der Waals surface area contributed by atoms with E-state index in [0.717, 1.165) is 6.07 Å². The van der Waals surface area contributed by atoms with Gasteiger partial charge in [0.15, 0.2) is 0 Å². The summed E-state index contributed by atoms with van der Waals surface area (Å²) < 4.78 is 39.9. The van der Waals surface area contributed by atoms with Crippen LogP contribution in [0.4, 0.5) is 4.39 Å². The number of aryl methyl sites for hydroxylation is 1. The number of hydrogen-bond acceptors (Lipinski definition) is 3. The molecule has 0 fully saturated rings. The lowest BCUT2D eigenvalue weighted by atomic mass is 10.2. The van der Waals surface area contributed by atoms with E-state index in [4.69, 9.17) is 5.73 Å². The van der Waals surface area contributed by atoms with Gasteiger partial charge in [-0.05, 0) is 44.0 Å². The first kappa shape index (κ1) is 15.1. The molecule has 0 saturated carbocycles. The number of nitrogens with one attached hydrogen (secondary N) is 1. The third-order valence-electron chi connectivity index (χ3n) is 2.77. The van der Waals surface area contributed by atoms with Crippen molar-refractivity contribution in [2.24, 2.45) is 5.73 Å². The van der Waals surface area contributed by atoms with E-state index < -0.39 is 15.8 Å². The second-order valence-electron chi connectivity index (χ2n) is 4.21. The van der Waals surface area contributed by atoms with Crippen LogP contribution in [0.15, 0.2) is 23.1 Å². The van der Waals surface area contributed by atoms with Crippen LogP contribution in [0.1, 0.15) is 25.3 Å². The first-order chi connectivity index (χ1) is 8.40. The van der Waals surface area contributed by atoms with E-state index >= 15 is 0 Å². The van der Waals surface area contributed by atoms with Gasteiger partial charge in [-0.15, -0.1) is 0 Å². The van der Waals surface area contributed by atoms with Gasteiger partial charge in [0.25, 0.3) is 0 Å². The van der Waals surface area contributed by atoms with Crippen molar-refractivity contribution >= 4 is 10.0 Å². The van der Waals surface area contributed by atoms with Crippen LogP contribution < -0.4 is 10.5 Å². The van der Waals surface area contributed by atoms with Crippen molar-refractivity contribution < 1.29 is 12.8 Å². The number of halogens is 1. The number of hydrogen-bond donors (Lipinski definition) is 2. The number of benzene rings is 1. The number of nitrogens with two attached hydrogens (primary N) is 1. The maximum absolute atomic E-state index is 13.1. The van der Waals surface area contributed by atoms with Crippen LogP contribution in [0.25, 0.3) is 0 Å². The molecule has 0 radical (unpaired) electrons. The summed E-state index contributed by atoms with van der Waals surface area (Å²) in [6.45, 7) is 3.92. The van der Waals surface area contributed by atoms with Gasteiger partial charge in [-0.3, -0.25) is 0 Å². The normalized spacial score (nSPS) is 13.6. The lowest BCUT2D eigenvalue weighted by Crippen LogP contribution is -2.36. The van der Waals surface area contributed by atoms with Gasteiger partial charge in [-0.25, -0.2) is 17.5 Å². The summed E-state index contributed by atoms with van der Waals surface area (Å²) in [4.78, 5) is -0.0158. The molecule has 102 valence electrons. The molecule has 0 heterocycles. The minimum Gasteiger partial charge on any atom is -0.330 e. The fourth-order valence-electron chi connectivity index (χ4n) is 1.69. The molecule has 0 spiro atoms. The Morgan fingerprint density at radius 2 is 2.11 bits per heavy atom. The summed E-state index contributed by atoms with van der Waals surface area (Å²) in [6.07, 6.45) is 1.20. The van der Waals surface area contributed by atoms with Gasteiger partial charge in [0.2, 0.25) is 10.0 Å². The van der Waals surface area contributed by atoms with Crippen LogP contribution in [0.2, 0.25) is 0 Å². The summed E-state index contributed by atoms with van der Waals surface area (Å²) in [7, 11) is -3.69. The van der Waals surface area contributed by atoms with E-state index in [1.54, 1.807) is 6.92 Å². The van der Waals surface area contributed by atoms with E-state index in [2.05, 4.69) is 4.72 Å². The molecule has 0 amide bonds. The highest BCUT2D eigenvalue weighted by Gasteiger charge is 2.21. The molecule has 1 aromatic carbocycles. The fourth-order valence-corrected chi connectivity index (χ4v) is 3.30. The van der Waals surface area contributed by atoms with Crippen molar-refractivity contribution in [3.63, 3.8) is 0 Å². The maximum atomic E-state index is 13.1. The van der Waals surface area contributed by atoms with Gasteiger partial charge in [0.05, 0.1) is 4.90 Å². The SMILES string of the molecule is CCC(CCN)NS(=O)(=O)c1cc(F)ccc1C. The van der Waals surface area contributed by atoms with E-state index in [1.807, 2.05) is 6.92 Å². The van der Waals surface area contributed by atoms with Crippen molar-refractivity contribution in [3.8, 4) is 0 Å². The van der Waals surface area contributed by atoms with E-state index in [0.29, 0.717) is 24.9 Å². The molecule has 0 aromatic heterocycles. The standard InChI is InChI=1S/C12H19FN2O2S/c1-3-11(6-7-14)15-18(16,17)12-8-10(13)5-4-9(12)2/h4-5,8,11,15H,3,6-7,14H2,1-2H3. The third-order valence-corrected chi connectivity index (χ3v) is 4.43. The average molecular weight is 274 g/mol.